The number of likely N-dealkylation sites (N-methyl/N-ethyl adjacent to an activating group) is 1. The molecule has 0 saturated carbocycles. The fourth-order valence-corrected chi connectivity index (χ4v) is 2.90. The smallest absolute Gasteiger partial charge is 0.180 e. The molecule has 0 bridgehead atoms. The number of nitrogens with two attached hydrogens (primary N) is 2. The van der Waals surface area contributed by atoms with Crippen molar-refractivity contribution < 1.29 is 0 Å². The van der Waals surface area contributed by atoms with Gasteiger partial charge in [0.2, 0.25) is 0 Å². The number of anilines is 4. The number of aromatic nitrogens is 5. The van der Waals surface area contributed by atoms with Gasteiger partial charge >= 0.3 is 0 Å². The normalized spacial score (nSPS) is 10.6. The number of rotatable bonds is 6. The van der Waals surface area contributed by atoms with E-state index in [2.05, 4.69) is 30.2 Å². The van der Waals surface area contributed by atoms with E-state index in [1.165, 1.54) is 6.20 Å². The predicted molar refractivity (Wildman–Crippen MR) is 118 cm³/mol. The Labute approximate surface area is 174 Å². The Bertz CT molecular complexity index is 1090. The summed E-state index contributed by atoms with van der Waals surface area (Å²) in [6.07, 6.45) is 8.56. The van der Waals surface area contributed by atoms with E-state index in [1.807, 2.05) is 48.1 Å². The lowest BCUT2D eigenvalue weighted by Gasteiger charge is -2.18. The van der Waals surface area contributed by atoms with Gasteiger partial charge in [0.15, 0.2) is 11.5 Å². The molecule has 3 heterocycles. The van der Waals surface area contributed by atoms with Gasteiger partial charge in [-0.1, -0.05) is 0 Å². The van der Waals surface area contributed by atoms with Crippen molar-refractivity contribution >= 4 is 41.1 Å². The molecule has 0 atom stereocenters. The van der Waals surface area contributed by atoms with Crippen LogP contribution in [0.4, 0.5) is 23.0 Å². The number of imidazole rings is 1. The van der Waals surface area contributed by atoms with E-state index in [0.717, 1.165) is 17.9 Å². The molecule has 0 aliphatic rings. The van der Waals surface area contributed by atoms with Gasteiger partial charge < -0.3 is 26.1 Å². The quantitative estimate of drug-likeness (QED) is 0.441. The molecule has 4 aromatic rings. The maximum atomic E-state index is 5.76. The third kappa shape index (κ3) is 4.36. The zero-order valence-electron chi connectivity index (χ0n) is 15.9. The highest BCUT2D eigenvalue weighted by molar-refractivity contribution is 5.85. The van der Waals surface area contributed by atoms with Crippen LogP contribution in [0.2, 0.25) is 0 Å². The van der Waals surface area contributed by atoms with Crippen LogP contribution in [0.1, 0.15) is 0 Å². The lowest BCUT2D eigenvalue weighted by Crippen LogP contribution is -2.24. The summed E-state index contributed by atoms with van der Waals surface area (Å²) in [5.74, 6) is 0.964. The first-order valence-electron chi connectivity index (χ1n) is 8.84. The predicted octanol–water partition coefficient (Wildman–Crippen LogP) is 2.33. The SMILES string of the molecule is CN(CCN)c1ccc(Nc2nc(-c3cncc(N)n3)cn3ccnc23)cc1.Cl. The average Bonchev–Trinajstić information content (AvgIpc) is 3.18. The van der Waals surface area contributed by atoms with Gasteiger partial charge in [0.25, 0.3) is 0 Å². The summed E-state index contributed by atoms with van der Waals surface area (Å²) in [6.45, 7) is 1.41. The van der Waals surface area contributed by atoms with Gasteiger partial charge in [0.1, 0.15) is 17.2 Å². The molecular formula is C19H22ClN9. The van der Waals surface area contributed by atoms with Crippen molar-refractivity contribution in [3.63, 3.8) is 0 Å². The summed E-state index contributed by atoms with van der Waals surface area (Å²) in [7, 11) is 2.01. The molecule has 3 aromatic heterocycles. The Morgan fingerprint density at radius 3 is 2.62 bits per heavy atom. The standard InChI is InChI=1S/C19H21N9.ClH/c1-27(8-6-20)14-4-2-13(3-5-14)24-18-19-23-7-9-28(19)12-16(26-18)15-10-22-11-17(21)25-15;/h2-5,7,9-12H,6,8,20H2,1H3,(H2,21,25)(H,24,26);1H. The van der Waals surface area contributed by atoms with Crippen LogP contribution in [0.5, 0.6) is 0 Å². The van der Waals surface area contributed by atoms with Crippen molar-refractivity contribution in [2.75, 3.05) is 36.1 Å². The Hall–Kier alpha value is -3.43. The number of nitrogen functional groups attached to an aromatic ring is 1. The van der Waals surface area contributed by atoms with E-state index < -0.39 is 0 Å². The molecule has 0 amide bonds. The minimum atomic E-state index is 0. The number of benzene rings is 1. The third-order valence-electron chi connectivity index (χ3n) is 4.33. The molecule has 4 rings (SSSR count). The molecule has 150 valence electrons. The second-order valence-corrected chi connectivity index (χ2v) is 6.34. The highest BCUT2D eigenvalue weighted by Crippen LogP contribution is 2.25. The Morgan fingerprint density at radius 2 is 1.90 bits per heavy atom. The van der Waals surface area contributed by atoms with Gasteiger partial charge in [-0.15, -0.1) is 12.4 Å². The van der Waals surface area contributed by atoms with Crippen LogP contribution in [-0.4, -0.2) is 44.5 Å². The molecule has 0 radical (unpaired) electrons. The van der Waals surface area contributed by atoms with Crippen LogP contribution in [0.25, 0.3) is 17.0 Å². The van der Waals surface area contributed by atoms with Crippen LogP contribution in [0.3, 0.4) is 0 Å². The molecule has 0 unspecified atom stereocenters. The number of hydrogen-bond donors (Lipinski definition) is 3. The summed E-state index contributed by atoms with van der Waals surface area (Å²) in [5.41, 5.74) is 15.3. The van der Waals surface area contributed by atoms with Crippen molar-refractivity contribution in [3.05, 3.63) is 55.2 Å². The van der Waals surface area contributed by atoms with E-state index in [-0.39, 0.29) is 12.4 Å². The van der Waals surface area contributed by atoms with E-state index in [0.29, 0.717) is 35.2 Å². The topological polar surface area (TPSA) is 123 Å². The fraction of sp³-hybridized carbons (Fsp3) is 0.158. The monoisotopic (exact) mass is 411 g/mol. The number of nitrogens with one attached hydrogen (secondary N) is 1. The first kappa shape index (κ1) is 20.3. The highest BCUT2D eigenvalue weighted by Gasteiger charge is 2.11. The minimum absolute atomic E-state index is 0. The highest BCUT2D eigenvalue weighted by atomic mass is 35.5. The van der Waals surface area contributed by atoms with E-state index in [1.54, 1.807) is 12.4 Å². The molecule has 0 aliphatic carbocycles. The second-order valence-electron chi connectivity index (χ2n) is 6.34. The number of hydrogen-bond acceptors (Lipinski definition) is 8. The summed E-state index contributed by atoms with van der Waals surface area (Å²) in [4.78, 5) is 19.6. The van der Waals surface area contributed by atoms with E-state index in [4.69, 9.17) is 11.5 Å². The Morgan fingerprint density at radius 1 is 1.10 bits per heavy atom. The molecule has 0 aliphatic heterocycles. The van der Waals surface area contributed by atoms with Crippen LogP contribution in [0, 0.1) is 0 Å². The third-order valence-corrected chi connectivity index (χ3v) is 4.33. The first-order chi connectivity index (χ1) is 13.6. The summed E-state index contributed by atoms with van der Waals surface area (Å²) >= 11 is 0. The number of nitrogens with zero attached hydrogens (tertiary/aromatic N) is 6. The first-order valence-corrected chi connectivity index (χ1v) is 8.84. The Balaban J connectivity index is 0.00000240. The molecule has 10 heteroatoms. The van der Waals surface area contributed by atoms with Gasteiger partial charge in [0.05, 0.1) is 12.4 Å². The molecule has 0 saturated heterocycles. The second kappa shape index (κ2) is 8.72. The van der Waals surface area contributed by atoms with Crippen molar-refractivity contribution in [1.82, 2.24) is 24.3 Å². The molecular weight excluding hydrogens is 390 g/mol. The largest absolute Gasteiger partial charge is 0.382 e. The van der Waals surface area contributed by atoms with Gasteiger partial charge in [0, 0.05) is 50.1 Å². The molecule has 0 spiro atoms. The van der Waals surface area contributed by atoms with Gasteiger partial charge in [-0.25, -0.2) is 15.0 Å². The lowest BCUT2D eigenvalue weighted by atomic mass is 10.2. The van der Waals surface area contributed by atoms with Crippen LogP contribution in [0.15, 0.2) is 55.2 Å². The molecule has 9 nitrogen and oxygen atoms in total. The van der Waals surface area contributed by atoms with Crippen molar-refractivity contribution in [2.24, 2.45) is 5.73 Å². The average molecular weight is 412 g/mol. The van der Waals surface area contributed by atoms with Gasteiger partial charge in [-0.3, -0.25) is 4.98 Å². The van der Waals surface area contributed by atoms with Crippen LogP contribution < -0.4 is 21.7 Å². The van der Waals surface area contributed by atoms with Gasteiger partial charge in [-0.05, 0) is 24.3 Å². The minimum Gasteiger partial charge on any atom is -0.382 e. The van der Waals surface area contributed by atoms with Crippen LogP contribution in [-0.2, 0) is 0 Å². The van der Waals surface area contributed by atoms with Gasteiger partial charge in [-0.2, -0.15) is 0 Å². The zero-order chi connectivity index (χ0) is 19.5. The Kier molecular flexibility index (Phi) is 6.10. The molecule has 5 N–H and O–H groups in total. The molecule has 29 heavy (non-hydrogen) atoms. The van der Waals surface area contributed by atoms with Crippen molar-refractivity contribution in [1.29, 1.82) is 0 Å². The summed E-state index contributed by atoms with van der Waals surface area (Å²) < 4.78 is 1.89. The van der Waals surface area contributed by atoms with E-state index in [9.17, 15) is 0 Å². The zero-order valence-corrected chi connectivity index (χ0v) is 16.7. The number of halogens is 1. The molecule has 0 fully saturated rings. The van der Waals surface area contributed by atoms with Crippen LogP contribution >= 0.6 is 12.4 Å². The maximum Gasteiger partial charge on any atom is 0.180 e. The lowest BCUT2D eigenvalue weighted by molar-refractivity contribution is 0.886. The van der Waals surface area contributed by atoms with E-state index >= 15 is 0 Å². The number of fused-ring (bicyclic) bond motifs is 1. The molecule has 1 aromatic carbocycles. The van der Waals surface area contributed by atoms with Crippen molar-refractivity contribution in [2.45, 2.75) is 0 Å². The maximum absolute atomic E-state index is 5.76. The fourth-order valence-electron chi connectivity index (χ4n) is 2.90. The van der Waals surface area contributed by atoms with Crippen molar-refractivity contribution in [3.8, 4) is 11.4 Å². The summed E-state index contributed by atoms with van der Waals surface area (Å²) in [6, 6.07) is 8.06. The summed E-state index contributed by atoms with van der Waals surface area (Å²) in [5, 5.41) is 3.34.